The van der Waals surface area contributed by atoms with Crippen LogP contribution in [0.4, 0.5) is 0 Å². The topological polar surface area (TPSA) is 68.2 Å². The van der Waals surface area contributed by atoms with Gasteiger partial charge >= 0.3 is 0 Å². The number of hydrogen-bond donors (Lipinski definition) is 2. The van der Waals surface area contributed by atoms with Gasteiger partial charge in [-0.2, -0.15) is 5.10 Å². The number of carbonyl (C=O) groups excluding carboxylic acids is 1. The fourth-order valence-electron chi connectivity index (χ4n) is 2.07. The van der Waals surface area contributed by atoms with E-state index in [9.17, 15) is 4.79 Å². The van der Waals surface area contributed by atoms with Crippen molar-refractivity contribution in [3.8, 4) is 5.69 Å². The molecular formula is C16H21ClN4O2. The molecule has 0 aliphatic carbocycles. The number of benzene rings is 1. The van der Waals surface area contributed by atoms with Gasteiger partial charge in [0.2, 0.25) is 0 Å². The van der Waals surface area contributed by atoms with Crippen LogP contribution in [-0.4, -0.2) is 49.0 Å². The number of halogens is 1. The molecule has 1 amide bonds. The SMILES string of the molecule is COCCNCCNC(=O)c1cn(-c2ccc(Cl)cc2)nc1C. The zero-order valence-electron chi connectivity index (χ0n) is 13.3. The Morgan fingerprint density at radius 1 is 1.26 bits per heavy atom. The van der Waals surface area contributed by atoms with Crippen molar-refractivity contribution in [2.75, 3.05) is 33.4 Å². The molecule has 0 aliphatic heterocycles. The highest BCUT2D eigenvalue weighted by atomic mass is 35.5. The van der Waals surface area contributed by atoms with Crippen molar-refractivity contribution in [2.24, 2.45) is 0 Å². The van der Waals surface area contributed by atoms with Gasteiger partial charge in [-0.1, -0.05) is 11.6 Å². The molecule has 0 atom stereocenters. The van der Waals surface area contributed by atoms with Crippen LogP contribution in [-0.2, 0) is 4.74 Å². The molecule has 1 aromatic carbocycles. The Balaban J connectivity index is 1.92. The maximum atomic E-state index is 12.2. The summed E-state index contributed by atoms with van der Waals surface area (Å²) in [6.45, 7) is 4.48. The number of ether oxygens (including phenoxy) is 1. The zero-order chi connectivity index (χ0) is 16.7. The van der Waals surface area contributed by atoms with Crippen molar-refractivity contribution >= 4 is 17.5 Å². The number of aromatic nitrogens is 2. The molecule has 6 nitrogen and oxygen atoms in total. The van der Waals surface area contributed by atoms with Crippen molar-refractivity contribution in [2.45, 2.75) is 6.92 Å². The first-order valence-corrected chi connectivity index (χ1v) is 7.79. The fraction of sp³-hybridized carbons (Fsp3) is 0.375. The van der Waals surface area contributed by atoms with Gasteiger partial charge in [0.25, 0.3) is 5.91 Å². The van der Waals surface area contributed by atoms with Crippen LogP contribution in [0.3, 0.4) is 0 Å². The number of amides is 1. The van der Waals surface area contributed by atoms with Gasteiger partial charge in [0, 0.05) is 38.0 Å². The predicted octanol–water partition coefficient (Wildman–Crippen LogP) is 1.80. The summed E-state index contributed by atoms with van der Waals surface area (Å²) in [6, 6.07) is 7.30. The van der Waals surface area contributed by atoms with Crippen LogP contribution in [0.15, 0.2) is 30.5 Å². The second kappa shape index (κ2) is 8.67. The molecule has 1 aromatic heterocycles. The third kappa shape index (κ3) is 5.06. The van der Waals surface area contributed by atoms with E-state index in [0.717, 1.165) is 12.2 Å². The Hall–Kier alpha value is -1.89. The number of rotatable bonds is 8. The number of aryl methyl sites for hydroxylation is 1. The standard InChI is InChI=1S/C16H21ClN4O2/c1-12-15(16(22)19-8-7-18-9-10-23-2)11-21(20-12)14-5-3-13(17)4-6-14/h3-6,11,18H,7-10H2,1-2H3,(H,19,22). The van der Waals surface area contributed by atoms with Gasteiger partial charge in [-0.3, -0.25) is 4.79 Å². The molecule has 0 bridgehead atoms. The van der Waals surface area contributed by atoms with E-state index in [0.29, 0.717) is 36.0 Å². The monoisotopic (exact) mass is 336 g/mol. The molecule has 7 heteroatoms. The third-order valence-corrected chi connectivity index (χ3v) is 3.56. The molecule has 2 rings (SSSR count). The molecule has 2 N–H and O–H groups in total. The maximum Gasteiger partial charge on any atom is 0.254 e. The summed E-state index contributed by atoms with van der Waals surface area (Å²) in [5.74, 6) is -0.128. The summed E-state index contributed by atoms with van der Waals surface area (Å²) in [5, 5.41) is 11.1. The van der Waals surface area contributed by atoms with Crippen LogP contribution in [0, 0.1) is 6.92 Å². The van der Waals surface area contributed by atoms with Crippen LogP contribution < -0.4 is 10.6 Å². The van der Waals surface area contributed by atoms with E-state index in [4.69, 9.17) is 16.3 Å². The second-order valence-electron chi connectivity index (χ2n) is 5.05. The van der Waals surface area contributed by atoms with E-state index in [-0.39, 0.29) is 5.91 Å². The first-order valence-electron chi connectivity index (χ1n) is 7.42. The minimum Gasteiger partial charge on any atom is -0.383 e. The quantitative estimate of drug-likeness (QED) is 0.721. The molecule has 1 heterocycles. The van der Waals surface area contributed by atoms with Crippen LogP contribution in [0.5, 0.6) is 0 Å². The summed E-state index contributed by atoms with van der Waals surface area (Å²) < 4.78 is 6.62. The van der Waals surface area contributed by atoms with E-state index in [1.807, 2.05) is 19.1 Å². The Bertz CT molecular complexity index is 640. The number of hydrogen-bond acceptors (Lipinski definition) is 4. The van der Waals surface area contributed by atoms with Crippen molar-refractivity contribution in [3.05, 3.63) is 46.7 Å². The highest BCUT2D eigenvalue weighted by Crippen LogP contribution is 2.15. The average Bonchev–Trinajstić information content (AvgIpc) is 2.93. The Kier molecular flexibility index (Phi) is 6.58. The van der Waals surface area contributed by atoms with Crippen molar-refractivity contribution < 1.29 is 9.53 Å². The summed E-state index contributed by atoms with van der Waals surface area (Å²) in [6.07, 6.45) is 1.73. The normalized spacial score (nSPS) is 10.7. The van der Waals surface area contributed by atoms with Crippen molar-refractivity contribution in [1.29, 1.82) is 0 Å². The van der Waals surface area contributed by atoms with Gasteiger partial charge in [-0.15, -0.1) is 0 Å². The van der Waals surface area contributed by atoms with Crippen LogP contribution in [0.25, 0.3) is 5.69 Å². The van der Waals surface area contributed by atoms with Gasteiger partial charge in [-0.25, -0.2) is 4.68 Å². The second-order valence-corrected chi connectivity index (χ2v) is 5.48. The lowest BCUT2D eigenvalue weighted by Crippen LogP contribution is -2.33. The lowest BCUT2D eigenvalue weighted by molar-refractivity contribution is 0.0953. The van der Waals surface area contributed by atoms with Gasteiger partial charge in [0.1, 0.15) is 0 Å². The minimum atomic E-state index is -0.128. The molecular weight excluding hydrogens is 316 g/mol. The lowest BCUT2D eigenvalue weighted by atomic mass is 10.2. The van der Waals surface area contributed by atoms with Crippen molar-refractivity contribution in [1.82, 2.24) is 20.4 Å². The average molecular weight is 337 g/mol. The molecule has 2 aromatic rings. The zero-order valence-corrected chi connectivity index (χ0v) is 14.1. The van der Waals surface area contributed by atoms with Crippen molar-refractivity contribution in [3.63, 3.8) is 0 Å². The van der Waals surface area contributed by atoms with E-state index in [2.05, 4.69) is 15.7 Å². The summed E-state index contributed by atoms with van der Waals surface area (Å²) >= 11 is 5.88. The van der Waals surface area contributed by atoms with E-state index >= 15 is 0 Å². The summed E-state index contributed by atoms with van der Waals surface area (Å²) in [7, 11) is 1.66. The van der Waals surface area contributed by atoms with Crippen LogP contribution in [0.1, 0.15) is 16.1 Å². The third-order valence-electron chi connectivity index (χ3n) is 3.30. The van der Waals surface area contributed by atoms with Gasteiger partial charge in [-0.05, 0) is 31.2 Å². The van der Waals surface area contributed by atoms with E-state index < -0.39 is 0 Å². The van der Waals surface area contributed by atoms with E-state index in [1.54, 1.807) is 30.1 Å². The molecule has 0 radical (unpaired) electrons. The Morgan fingerprint density at radius 3 is 2.70 bits per heavy atom. The number of nitrogens with zero attached hydrogens (tertiary/aromatic N) is 2. The highest BCUT2D eigenvalue weighted by Gasteiger charge is 2.13. The first-order chi connectivity index (χ1) is 11.1. The fourth-order valence-corrected chi connectivity index (χ4v) is 2.19. The molecule has 124 valence electrons. The first kappa shape index (κ1) is 17.5. The molecule has 0 fully saturated rings. The molecule has 0 saturated heterocycles. The molecule has 0 aliphatic rings. The maximum absolute atomic E-state index is 12.2. The summed E-state index contributed by atoms with van der Waals surface area (Å²) in [4.78, 5) is 12.2. The molecule has 0 saturated carbocycles. The smallest absolute Gasteiger partial charge is 0.254 e. The lowest BCUT2D eigenvalue weighted by Gasteiger charge is -2.05. The Labute approximate surface area is 140 Å². The minimum absolute atomic E-state index is 0.128. The predicted molar refractivity (Wildman–Crippen MR) is 90.4 cm³/mol. The molecule has 0 unspecified atom stereocenters. The molecule has 23 heavy (non-hydrogen) atoms. The Morgan fingerprint density at radius 2 is 2.00 bits per heavy atom. The largest absolute Gasteiger partial charge is 0.383 e. The highest BCUT2D eigenvalue weighted by molar-refractivity contribution is 6.30. The van der Waals surface area contributed by atoms with Crippen LogP contribution >= 0.6 is 11.6 Å². The van der Waals surface area contributed by atoms with Gasteiger partial charge in [0.15, 0.2) is 0 Å². The number of methoxy groups -OCH3 is 1. The van der Waals surface area contributed by atoms with Crippen LogP contribution in [0.2, 0.25) is 5.02 Å². The van der Waals surface area contributed by atoms with Gasteiger partial charge < -0.3 is 15.4 Å². The van der Waals surface area contributed by atoms with E-state index in [1.165, 1.54) is 0 Å². The molecule has 0 spiro atoms. The number of nitrogens with one attached hydrogen (secondary N) is 2. The van der Waals surface area contributed by atoms with Gasteiger partial charge in [0.05, 0.1) is 23.6 Å². The summed E-state index contributed by atoms with van der Waals surface area (Å²) in [5.41, 5.74) is 2.11. The number of carbonyl (C=O) groups is 1.